The van der Waals surface area contributed by atoms with Crippen molar-refractivity contribution in [3.05, 3.63) is 30.4 Å². The standard InChI is InChI=1S/C11H17N5O/c1-2-15-4-3-10(14-15)7-12-11-8-13-16(9-11)5-6-17/h3-4,8-9,12,17H,2,5-7H2,1H3. The van der Waals surface area contributed by atoms with Gasteiger partial charge in [-0.15, -0.1) is 0 Å². The first-order chi connectivity index (χ1) is 8.31. The van der Waals surface area contributed by atoms with E-state index in [1.54, 1.807) is 10.9 Å². The lowest BCUT2D eigenvalue weighted by Gasteiger charge is -2.00. The SMILES string of the molecule is CCn1ccc(CNc2cnn(CCO)c2)n1. The fourth-order valence-electron chi connectivity index (χ4n) is 1.55. The molecule has 0 spiro atoms. The maximum Gasteiger partial charge on any atom is 0.0815 e. The van der Waals surface area contributed by atoms with Crippen molar-refractivity contribution >= 4 is 5.69 Å². The van der Waals surface area contributed by atoms with E-state index in [0.29, 0.717) is 13.1 Å². The predicted octanol–water partition coefficient (Wildman–Crippen LogP) is 0.704. The van der Waals surface area contributed by atoms with E-state index in [9.17, 15) is 0 Å². The Morgan fingerprint density at radius 3 is 3.00 bits per heavy atom. The third-order valence-electron chi connectivity index (χ3n) is 2.46. The van der Waals surface area contributed by atoms with Crippen LogP contribution in [0.2, 0.25) is 0 Å². The van der Waals surface area contributed by atoms with E-state index in [1.807, 2.05) is 23.1 Å². The number of hydrogen-bond acceptors (Lipinski definition) is 4. The summed E-state index contributed by atoms with van der Waals surface area (Å²) in [5.41, 5.74) is 1.94. The molecule has 0 saturated heterocycles. The van der Waals surface area contributed by atoms with Gasteiger partial charge in [-0.2, -0.15) is 10.2 Å². The van der Waals surface area contributed by atoms with Crippen molar-refractivity contribution in [2.75, 3.05) is 11.9 Å². The van der Waals surface area contributed by atoms with Gasteiger partial charge in [-0.05, 0) is 13.0 Å². The lowest BCUT2D eigenvalue weighted by Crippen LogP contribution is -2.03. The van der Waals surface area contributed by atoms with Gasteiger partial charge >= 0.3 is 0 Å². The summed E-state index contributed by atoms with van der Waals surface area (Å²) >= 11 is 0. The van der Waals surface area contributed by atoms with E-state index in [2.05, 4.69) is 22.4 Å². The number of aliphatic hydroxyl groups is 1. The number of nitrogens with one attached hydrogen (secondary N) is 1. The molecule has 0 radical (unpaired) electrons. The molecule has 0 aromatic carbocycles. The molecule has 2 aromatic rings. The minimum atomic E-state index is 0.0992. The summed E-state index contributed by atoms with van der Waals surface area (Å²) in [7, 11) is 0. The molecule has 92 valence electrons. The molecule has 17 heavy (non-hydrogen) atoms. The van der Waals surface area contributed by atoms with E-state index in [0.717, 1.165) is 17.9 Å². The lowest BCUT2D eigenvalue weighted by atomic mass is 10.4. The van der Waals surface area contributed by atoms with Crippen LogP contribution in [0.15, 0.2) is 24.7 Å². The summed E-state index contributed by atoms with van der Waals surface area (Å²) < 4.78 is 3.60. The minimum absolute atomic E-state index is 0.0992. The monoisotopic (exact) mass is 235 g/mol. The molecule has 2 heterocycles. The van der Waals surface area contributed by atoms with Gasteiger partial charge in [-0.3, -0.25) is 9.36 Å². The Morgan fingerprint density at radius 2 is 2.29 bits per heavy atom. The third-order valence-corrected chi connectivity index (χ3v) is 2.46. The Morgan fingerprint density at radius 1 is 1.41 bits per heavy atom. The molecule has 0 unspecified atom stereocenters. The zero-order valence-electron chi connectivity index (χ0n) is 9.87. The van der Waals surface area contributed by atoms with E-state index in [4.69, 9.17) is 5.11 Å². The number of rotatable bonds is 6. The molecule has 0 aliphatic heterocycles. The fraction of sp³-hybridized carbons (Fsp3) is 0.455. The van der Waals surface area contributed by atoms with E-state index in [-0.39, 0.29) is 6.61 Å². The van der Waals surface area contributed by atoms with Gasteiger partial charge in [0.2, 0.25) is 0 Å². The smallest absolute Gasteiger partial charge is 0.0815 e. The second-order valence-electron chi connectivity index (χ2n) is 3.73. The molecule has 6 heteroatoms. The van der Waals surface area contributed by atoms with Crippen LogP contribution in [0.3, 0.4) is 0 Å². The molecule has 0 atom stereocenters. The van der Waals surface area contributed by atoms with E-state index >= 15 is 0 Å². The topological polar surface area (TPSA) is 67.9 Å². The molecule has 0 aliphatic rings. The molecule has 0 amide bonds. The maximum atomic E-state index is 8.77. The Kier molecular flexibility index (Phi) is 3.77. The molecular weight excluding hydrogens is 218 g/mol. The second kappa shape index (κ2) is 5.49. The fourth-order valence-corrected chi connectivity index (χ4v) is 1.55. The Labute approximate surface area is 99.9 Å². The van der Waals surface area contributed by atoms with Crippen molar-refractivity contribution in [3.63, 3.8) is 0 Å². The largest absolute Gasteiger partial charge is 0.394 e. The van der Waals surface area contributed by atoms with Crippen molar-refractivity contribution in [1.82, 2.24) is 19.6 Å². The summed E-state index contributed by atoms with van der Waals surface area (Å²) in [6.07, 6.45) is 5.58. The van der Waals surface area contributed by atoms with E-state index in [1.165, 1.54) is 0 Å². The van der Waals surface area contributed by atoms with Crippen LogP contribution in [0.25, 0.3) is 0 Å². The minimum Gasteiger partial charge on any atom is -0.394 e. The number of aryl methyl sites for hydroxylation is 1. The number of aromatic nitrogens is 4. The van der Waals surface area contributed by atoms with Crippen LogP contribution in [0.5, 0.6) is 0 Å². The summed E-state index contributed by atoms with van der Waals surface area (Å²) in [4.78, 5) is 0. The van der Waals surface area contributed by atoms with Gasteiger partial charge in [0.25, 0.3) is 0 Å². The number of anilines is 1. The first-order valence-electron chi connectivity index (χ1n) is 5.71. The van der Waals surface area contributed by atoms with Crippen LogP contribution in [0, 0.1) is 0 Å². The Hall–Kier alpha value is -1.82. The van der Waals surface area contributed by atoms with Gasteiger partial charge < -0.3 is 10.4 Å². The van der Waals surface area contributed by atoms with Crippen LogP contribution < -0.4 is 5.32 Å². The first-order valence-corrected chi connectivity index (χ1v) is 5.71. The van der Waals surface area contributed by atoms with Crippen LogP contribution in [-0.2, 0) is 19.6 Å². The highest BCUT2D eigenvalue weighted by molar-refractivity contribution is 5.38. The molecule has 6 nitrogen and oxygen atoms in total. The highest BCUT2D eigenvalue weighted by Crippen LogP contribution is 2.06. The Bertz CT molecular complexity index is 462. The molecule has 0 fully saturated rings. The van der Waals surface area contributed by atoms with Gasteiger partial charge in [-0.25, -0.2) is 0 Å². The Balaban J connectivity index is 1.88. The zero-order chi connectivity index (χ0) is 12.1. The first kappa shape index (κ1) is 11.7. The number of nitrogens with zero attached hydrogens (tertiary/aromatic N) is 4. The summed E-state index contributed by atoms with van der Waals surface area (Å²) in [6.45, 7) is 4.24. The van der Waals surface area contributed by atoms with Crippen LogP contribution in [0.4, 0.5) is 5.69 Å². The van der Waals surface area contributed by atoms with Crippen LogP contribution in [0.1, 0.15) is 12.6 Å². The quantitative estimate of drug-likeness (QED) is 0.773. The molecule has 0 aliphatic carbocycles. The van der Waals surface area contributed by atoms with Crippen molar-refractivity contribution in [2.45, 2.75) is 26.6 Å². The average molecular weight is 235 g/mol. The van der Waals surface area contributed by atoms with Crippen LogP contribution >= 0.6 is 0 Å². The summed E-state index contributed by atoms with van der Waals surface area (Å²) in [5.74, 6) is 0. The van der Waals surface area contributed by atoms with Gasteiger partial charge in [0.15, 0.2) is 0 Å². The predicted molar refractivity (Wildman–Crippen MR) is 64.5 cm³/mol. The molecule has 2 rings (SSSR count). The molecule has 2 N–H and O–H groups in total. The normalized spacial score (nSPS) is 10.7. The van der Waals surface area contributed by atoms with E-state index < -0.39 is 0 Å². The number of hydrogen-bond donors (Lipinski definition) is 2. The van der Waals surface area contributed by atoms with Crippen LogP contribution in [-0.4, -0.2) is 31.3 Å². The van der Waals surface area contributed by atoms with Crippen molar-refractivity contribution in [2.24, 2.45) is 0 Å². The highest BCUT2D eigenvalue weighted by atomic mass is 16.3. The lowest BCUT2D eigenvalue weighted by molar-refractivity contribution is 0.269. The summed E-state index contributed by atoms with van der Waals surface area (Å²) in [5, 5.41) is 20.5. The molecule has 2 aromatic heterocycles. The average Bonchev–Trinajstić information content (AvgIpc) is 2.95. The molecular formula is C11H17N5O. The van der Waals surface area contributed by atoms with Crippen molar-refractivity contribution < 1.29 is 5.11 Å². The summed E-state index contributed by atoms with van der Waals surface area (Å²) in [6, 6.07) is 1.99. The van der Waals surface area contributed by atoms with Gasteiger partial charge in [0.1, 0.15) is 0 Å². The highest BCUT2D eigenvalue weighted by Gasteiger charge is 2.00. The van der Waals surface area contributed by atoms with Gasteiger partial charge in [0.05, 0.1) is 37.3 Å². The van der Waals surface area contributed by atoms with Crippen molar-refractivity contribution in [1.29, 1.82) is 0 Å². The third kappa shape index (κ3) is 3.07. The molecule has 0 bridgehead atoms. The van der Waals surface area contributed by atoms with Crippen molar-refractivity contribution in [3.8, 4) is 0 Å². The number of aliphatic hydroxyl groups excluding tert-OH is 1. The maximum absolute atomic E-state index is 8.77. The molecule has 0 saturated carbocycles. The second-order valence-corrected chi connectivity index (χ2v) is 3.73. The van der Waals surface area contributed by atoms with Gasteiger partial charge in [0, 0.05) is 18.9 Å². The van der Waals surface area contributed by atoms with Gasteiger partial charge in [-0.1, -0.05) is 0 Å². The zero-order valence-corrected chi connectivity index (χ0v) is 9.87.